The summed E-state index contributed by atoms with van der Waals surface area (Å²) in [5.74, 6) is -0.782. The summed E-state index contributed by atoms with van der Waals surface area (Å²) in [6.45, 7) is 2.12. The van der Waals surface area contributed by atoms with Gasteiger partial charge in [-0.1, -0.05) is 54.6 Å². The van der Waals surface area contributed by atoms with Crippen LogP contribution in [-0.4, -0.2) is 17.9 Å². The summed E-state index contributed by atoms with van der Waals surface area (Å²) in [7, 11) is 0. The highest BCUT2D eigenvalue weighted by Gasteiger charge is 2.24. The molecule has 0 aliphatic carbocycles. The van der Waals surface area contributed by atoms with Crippen LogP contribution < -0.4 is 5.32 Å². The fraction of sp³-hybridized carbons (Fsp3) is 0.182. The van der Waals surface area contributed by atoms with Gasteiger partial charge in [-0.05, 0) is 35.7 Å². The van der Waals surface area contributed by atoms with E-state index in [9.17, 15) is 9.59 Å². The molecule has 0 bridgehead atoms. The SMILES string of the molecule is Cc1ccccc1COC(=O)[C@H](Cc1ccccc1)NC(=O)c1ccco1. The second kappa shape index (κ2) is 8.85. The molecule has 138 valence electrons. The molecule has 0 radical (unpaired) electrons. The van der Waals surface area contributed by atoms with Crippen molar-refractivity contribution in [3.05, 3.63) is 95.4 Å². The summed E-state index contributed by atoms with van der Waals surface area (Å²) in [5.41, 5.74) is 2.90. The number of rotatable bonds is 7. The first-order valence-corrected chi connectivity index (χ1v) is 8.73. The minimum atomic E-state index is -0.811. The van der Waals surface area contributed by atoms with Crippen molar-refractivity contribution in [3.63, 3.8) is 0 Å². The molecule has 0 unspecified atom stereocenters. The minimum absolute atomic E-state index is 0.153. The van der Waals surface area contributed by atoms with Gasteiger partial charge in [-0.25, -0.2) is 4.79 Å². The first kappa shape index (κ1) is 18.5. The van der Waals surface area contributed by atoms with Gasteiger partial charge in [0.2, 0.25) is 0 Å². The van der Waals surface area contributed by atoms with E-state index < -0.39 is 17.9 Å². The predicted octanol–water partition coefficient (Wildman–Crippen LogP) is 3.67. The molecule has 1 amide bonds. The Balaban J connectivity index is 1.70. The van der Waals surface area contributed by atoms with Gasteiger partial charge in [0.25, 0.3) is 5.91 Å². The number of nitrogens with one attached hydrogen (secondary N) is 1. The molecule has 5 nitrogen and oxygen atoms in total. The largest absolute Gasteiger partial charge is 0.459 e. The molecule has 1 N–H and O–H groups in total. The summed E-state index contributed by atoms with van der Waals surface area (Å²) >= 11 is 0. The van der Waals surface area contributed by atoms with Gasteiger partial charge in [-0.15, -0.1) is 0 Å². The Morgan fingerprint density at radius 3 is 2.44 bits per heavy atom. The van der Waals surface area contributed by atoms with Crippen LogP contribution in [0.4, 0.5) is 0 Å². The van der Waals surface area contributed by atoms with Crippen LogP contribution in [0.1, 0.15) is 27.2 Å². The van der Waals surface area contributed by atoms with Gasteiger partial charge in [-0.3, -0.25) is 4.79 Å². The monoisotopic (exact) mass is 363 g/mol. The third-order valence-electron chi connectivity index (χ3n) is 4.25. The number of carbonyl (C=O) groups excluding carboxylic acids is 2. The maximum atomic E-state index is 12.7. The van der Waals surface area contributed by atoms with Crippen LogP contribution >= 0.6 is 0 Å². The average molecular weight is 363 g/mol. The van der Waals surface area contributed by atoms with Crippen LogP contribution in [0.15, 0.2) is 77.4 Å². The topological polar surface area (TPSA) is 68.5 Å². The van der Waals surface area contributed by atoms with E-state index in [2.05, 4.69) is 5.32 Å². The van der Waals surface area contributed by atoms with Crippen LogP contribution in [0.5, 0.6) is 0 Å². The fourth-order valence-electron chi connectivity index (χ4n) is 2.70. The summed E-state index contributed by atoms with van der Waals surface area (Å²) in [5, 5.41) is 2.71. The molecule has 2 aromatic carbocycles. The lowest BCUT2D eigenvalue weighted by molar-refractivity contribution is -0.147. The molecular weight excluding hydrogens is 342 g/mol. The molecule has 0 aliphatic rings. The number of benzene rings is 2. The van der Waals surface area contributed by atoms with Crippen LogP contribution in [0.3, 0.4) is 0 Å². The highest BCUT2D eigenvalue weighted by molar-refractivity contribution is 5.94. The van der Waals surface area contributed by atoms with Gasteiger partial charge in [0.1, 0.15) is 12.6 Å². The third kappa shape index (κ3) is 5.07. The first-order valence-electron chi connectivity index (χ1n) is 8.73. The van der Waals surface area contributed by atoms with Crippen LogP contribution in [0, 0.1) is 6.92 Å². The molecule has 0 saturated heterocycles. The minimum Gasteiger partial charge on any atom is -0.459 e. The lowest BCUT2D eigenvalue weighted by Crippen LogP contribution is -2.43. The average Bonchev–Trinajstić information content (AvgIpc) is 3.22. The van der Waals surface area contributed by atoms with Crippen molar-refractivity contribution < 1.29 is 18.7 Å². The molecule has 0 spiro atoms. The number of amides is 1. The molecule has 5 heteroatoms. The Labute approximate surface area is 158 Å². The molecule has 3 aromatic rings. The van der Waals surface area contributed by atoms with E-state index in [0.717, 1.165) is 16.7 Å². The Hall–Kier alpha value is -3.34. The number of hydrogen-bond acceptors (Lipinski definition) is 4. The van der Waals surface area contributed by atoms with Gasteiger partial charge in [-0.2, -0.15) is 0 Å². The van der Waals surface area contributed by atoms with E-state index in [0.29, 0.717) is 6.42 Å². The second-order valence-electron chi connectivity index (χ2n) is 6.23. The lowest BCUT2D eigenvalue weighted by atomic mass is 10.1. The number of hydrogen-bond donors (Lipinski definition) is 1. The van der Waals surface area contributed by atoms with Crippen molar-refractivity contribution >= 4 is 11.9 Å². The summed E-state index contributed by atoms with van der Waals surface area (Å²) in [6.07, 6.45) is 1.75. The van der Waals surface area contributed by atoms with Crippen molar-refractivity contribution in [1.82, 2.24) is 5.32 Å². The molecule has 1 aromatic heterocycles. The van der Waals surface area contributed by atoms with Gasteiger partial charge in [0.15, 0.2) is 5.76 Å². The van der Waals surface area contributed by atoms with Crippen molar-refractivity contribution in [2.45, 2.75) is 26.0 Å². The number of carbonyl (C=O) groups is 2. The molecule has 27 heavy (non-hydrogen) atoms. The molecule has 1 heterocycles. The Morgan fingerprint density at radius 1 is 1.00 bits per heavy atom. The molecule has 0 aliphatic heterocycles. The predicted molar refractivity (Wildman–Crippen MR) is 101 cm³/mol. The standard InChI is InChI=1S/C22H21NO4/c1-16-8-5-6-11-18(16)15-27-22(25)19(14-17-9-3-2-4-10-17)23-21(24)20-12-7-13-26-20/h2-13,19H,14-15H2,1H3,(H,23,24)/t19-/m0/s1. The van der Waals surface area contributed by atoms with Gasteiger partial charge >= 0.3 is 5.97 Å². The summed E-state index contributed by atoms with van der Waals surface area (Å²) in [4.78, 5) is 25.0. The highest BCUT2D eigenvalue weighted by atomic mass is 16.5. The number of ether oxygens (including phenoxy) is 1. The zero-order valence-electron chi connectivity index (χ0n) is 15.1. The Morgan fingerprint density at radius 2 is 1.74 bits per heavy atom. The second-order valence-corrected chi connectivity index (χ2v) is 6.23. The van der Waals surface area contributed by atoms with E-state index in [1.54, 1.807) is 12.1 Å². The van der Waals surface area contributed by atoms with E-state index in [4.69, 9.17) is 9.15 Å². The van der Waals surface area contributed by atoms with Crippen molar-refractivity contribution in [1.29, 1.82) is 0 Å². The molecule has 3 rings (SSSR count). The van der Waals surface area contributed by atoms with Gasteiger partial charge in [0.05, 0.1) is 6.26 Å². The van der Waals surface area contributed by atoms with E-state index in [1.807, 2.05) is 61.5 Å². The van der Waals surface area contributed by atoms with Crippen LogP contribution in [-0.2, 0) is 22.6 Å². The van der Waals surface area contributed by atoms with Gasteiger partial charge in [0, 0.05) is 6.42 Å². The van der Waals surface area contributed by atoms with E-state index >= 15 is 0 Å². The third-order valence-corrected chi connectivity index (χ3v) is 4.25. The lowest BCUT2D eigenvalue weighted by Gasteiger charge is -2.18. The number of esters is 1. The van der Waals surface area contributed by atoms with Crippen molar-refractivity contribution in [2.24, 2.45) is 0 Å². The van der Waals surface area contributed by atoms with Crippen LogP contribution in [0.2, 0.25) is 0 Å². The Kier molecular flexibility index (Phi) is 6.05. The maximum Gasteiger partial charge on any atom is 0.329 e. The molecule has 0 saturated carbocycles. The molecule has 1 atom stereocenters. The molecular formula is C22H21NO4. The number of aryl methyl sites for hydroxylation is 1. The number of furan rings is 1. The zero-order chi connectivity index (χ0) is 19.1. The Bertz CT molecular complexity index is 888. The highest BCUT2D eigenvalue weighted by Crippen LogP contribution is 2.11. The smallest absolute Gasteiger partial charge is 0.329 e. The fourth-order valence-corrected chi connectivity index (χ4v) is 2.70. The van der Waals surface area contributed by atoms with E-state index in [-0.39, 0.29) is 12.4 Å². The zero-order valence-corrected chi connectivity index (χ0v) is 15.1. The van der Waals surface area contributed by atoms with Gasteiger partial charge < -0.3 is 14.5 Å². The quantitative estimate of drug-likeness (QED) is 0.650. The van der Waals surface area contributed by atoms with Crippen molar-refractivity contribution in [3.8, 4) is 0 Å². The van der Waals surface area contributed by atoms with Crippen molar-refractivity contribution in [2.75, 3.05) is 0 Å². The first-order chi connectivity index (χ1) is 13.1. The molecule has 0 fully saturated rings. The summed E-state index contributed by atoms with van der Waals surface area (Å²) in [6, 6.07) is 19.6. The normalized spacial score (nSPS) is 11.6. The summed E-state index contributed by atoms with van der Waals surface area (Å²) < 4.78 is 10.6. The maximum absolute atomic E-state index is 12.7. The van der Waals surface area contributed by atoms with E-state index in [1.165, 1.54) is 6.26 Å². The van der Waals surface area contributed by atoms with Crippen LogP contribution in [0.25, 0.3) is 0 Å².